The number of hydrogen-bond acceptors (Lipinski definition) is 6. The predicted octanol–water partition coefficient (Wildman–Crippen LogP) is 1.85. The molecule has 0 unspecified atom stereocenters. The van der Waals surface area contributed by atoms with Gasteiger partial charge in [-0.15, -0.1) is 0 Å². The maximum atomic E-state index is 5.91. The number of nitrogens with zero attached hydrogens (tertiary/aromatic N) is 5. The van der Waals surface area contributed by atoms with Gasteiger partial charge >= 0.3 is 6.01 Å². The topological polar surface area (TPSA) is 54.4 Å². The van der Waals surface area contributed by atoms with Crippen molar-refractivity contribution in [1.82, 2.24) is 19.9 Å². The summed E-state index contributed by atoms with van der Waals surface area (Å²) in [6.45, 7) is 5.75. The van der Waals surface area contributed by atoms with Gasteiger partial charge in [0.15, 0.2) is 0 Å². The van der Waals surface area contributed by atoms with E-state index in [0.29, 0.717) is 5.95 Å². The molecule has 0 atom stereocenters. The highest BCUT2D eigenvalue weighted by atomic mass is 35.5. The number of piperidine rings is 1. The number of halogens is 1. The van der Waals surface area contributed by atoms with Crippen LogP contribution >= 0.6 is 11.6 Å². The number of rotatable bonds is 4. The van der Waals surface area contributed by atoms with Crippen molar-refractivity contribution in [3.63, 3.8) is 0 Å². The maximum Gasteiger partial charge on any atom is 0.322 e. The van der Waals surface area contributed by atoms with Crippen molar-refractivity contribution in [3.8, 4) is 6.01 Å². The Kier molecular flexibility index (Phi) is 4.75. The smallest absolute Gasteiger partial charge is 0.322 e. The van der Waals surface area contributed by atoms with Crippen LogP contribution in [0.5, 0.6) is 6.01 Å². The molecule has 3 heterocycles. The van der Waals surface area contributed by atoms with Crippen LogP contribution < -0.4 is 9.64 Å². The molecule has 0 spiro atoms. The number of methoxy groups -OCH3 is 1. The summed E-state index contributed by atoms with van der Waals surface area (Å²) in [6, 6.07) is 0.282. The molecule has 2 aliphatic rings. The molecule has 3 rings (SSSR count). The molecule has 6 nitrogen and oxygen atoms in total. The summed E-state index contributed by atoms with van der Waals surface area (Å²) in [5.41, 5.74) is 0. The fourth-order valence-corrected chi connectivity index (χ4v) is 3.35. The van der Waals surface area contributed by atoms with E-state index >= 15 is 0 Å². The Morgan fingerprint density at radius 3 is 2.48 bits per heavy atom. The largest absolute Gasteiger partial charge is 0.467 e. The summed E-state index contributed by atoms with van der Waals surface area (Å²) < 4.78 is 5.06. The quantitative estimate of drug-likeness (QED) is 0.846. The molecule has 1 aromatic rings. The Balaban J connectivity index is 1.56. The molecular formula is C14H22ClN5O. The van der Waals surface area contributed by atoms with Gasteiger partial charge in [0.1, 0.15) is 0 Å². The number of hydrogen-bond donors (Lipinski definition) is 0. The predicted molar refractivity (Wildman–Crippen MR) is 82.0 cm³/mol. The third-order valence-electron chi connectivity index (χ3n) is 4.37. The van der Waals surface area contributed by atoms with Crippen LogP contribution in [0.1, 0.15) is 25.7 Å². The first-order chi connectivity index (χ1) is 10.2. The van der Waals surface area contributed by atoms with Gasteiger partial charge in [-0.3, -0.25) is 0 Å². The highest BCUT2D eigenvalue weighted by molar-refractivity contribution is 6.28. The molecule has 2 saturated heterocycles. The van der Waals surface area contributed by atoms with Gasteiger partial charge in [0.05, 0.1) is 7.11 Å². The van der Waals surface area contributed by atoms with E-state index < -0.39 is 0 Å². The Morgan fingerprint density at radius 2 is 1.81 bits per heavy atom. The van der Waals surface area contributed by atoms with Crippen molar-refractivity contribution in [2.24, 2.45) is 5.92 Å². The van der Waals surface area contributed by atoms with E-state index in [1.54, 1.807) is 0 Å². The first-order valence-electron chi connectivity index (χ1n) is 7.67. The molecule has 1 aromatic heterocycles. The van der Waals surface area contributed by atoms with Crippen LogP contribution in [0, 0.1) is 5.92 Å². The molecule has 0 saturated carbocycles. The maximum absolute atomic E-state index is 5.91. The lowest BCUT2D eigenvalue weighted by Crippen LogP contribution is -2.39. The summed E-state index contributed by atoms with van der Waals surface area (Å²) >= 11 is 5.91. The second kappa shape index (κ2) is 6.75. The Morgan fingerprint density at radius 1 is 1.10 bits per heavy atom. The van der Waals surface area contributed by atoms with Gasteiger partial charge in [-0.2, -0.15) is 15.0 Å². The third-order valence-corrected chi connectivity index (χ3v) is 4.54. The number of aromatic nitrogens is 3. The molecule has 0 aromatic carbocycles. The average Bonchev–Trinajstić information content (AvgIpc) is 3.00. The highest BCUT2D eigenvalue weighted by Gasteiger charge is 2.24. The third kappa shape index (κ3) is 3.74. The summed E-state index contributed by atoms with van der Waals surface area (Å²) in [6.07, 6.45) is 5.09. The van der Waals surface area contributed by atoms with E-state index in [9.17, 15) is 0 Å². The molecule has 116 valence electrons. The first kappa shape index (κ1) is 14.8. The van der Waals surface area contributed by atoms with Crippen molar-refractivity contribution < 1.29 is 4.74 Å². The van der Waals surface area contributed by atoms with Crippen LogP contribution in [0.15, 0.2) is 0 Å². The zero-order chi connectivity index (χ0) is 14.7. The highest BCUT2D eigenvalue weighted by Crippen LogP contribution is 2.24. The van der Waals surface area contributed by atoms with E-state index in [4.69, 9.17) is 16.3 Å². The minimum atomic E-state index is 0.191. The number of ether oxygens (including phenoxy) is 1. The van der Waals surface area contributed by atoms with Crippen molar-refractivity contribution >= 4 is 17.5 Å². The second-order valence-electron chi connectivity index (χ2n) is 5.83. The van der Waals surface area contributed by atoms with Crippen molar-refractivity contribution in [3.05, 3.63) is 5.28 Å². The molecular weight excluding hydrogens is 290 g/mol. The molecule has 2 fully saturated rings. The van der Waals surface area contributed by atoms with Gasteiger partial charge in [-0.25, -0.2) is 0 Å². The zero-order valence-corrected chi connectivity index (χ0v) is 13.2. The Hall–Kier alpha value is -1.14. The Bertz CT molecular complexity index is 472. The van der Waals surface area contributed by atoms with Crippen LogP contribution in [0.2, 0.25) is 5.28 Å². The van der Waals surface area contributed by atoms with Gasteiger partial charge in [-0.1, -0.05) is 0 Å². The van der Waals surface area contributed by atoms with Crippen LogP contribution in [0.3, 0.4) is 0 Å². The molecule has 0 aliphatic carbocycles. The summed E-state index contributed by atoms with van der Waals surface area (Å²) in [5.74, 6) is 1.42. The van der Waals surface area contributed by atoms with E-state index in [1.807, 2.05) is 0 Å². The minimum Gasteiger partial charge on any atom is -0.467 e. The average molecular weight is 312 g/mol. The molecule has 7 heteroatoms. The summed E-state index contributed by atoms with van der Waals surface area (Å²) in [7, 11) is 1.54. The van der Waals surface area contributed by atoms with Crippen LogP contribution in [0.25, 0.3) is 0 Å². The molecule has 21 heavy (non-hydrogen) atoms. The van der Waals surface area contributed by atoms with Crippen molar-refractivity contribution in [1.29, 1.82) is 0 Å². The van der Waals surface area contributed by atoms with Crippen LogP contribution in [0.4, 0.5) is 5.95 Å². The van der Waals surface area contributed by atoms with Crippen molar-refractivity contribution in [2.75, 3.05) is 44.7 Å². The van der Waals surface area contributed by atoms with E-state index in [1.165, 1.54) is 52.4 Å². The lowest BCUT2D eigenvalue weighted by atomic mass is 9.96. The lowest BCUT2D eigenvalue weighted by Gasteiger charge is -2.33. The first-order valence-corrected chi connectivity index (χ1v) is 8.05. The fraction of sp³-hybridized carbons (Fsp3) is 0.786. The molecule has 0 N–H and O–H groups in total. The van der Waals surface area contributed by atoms with Gasteiger partial charge in [-0.05, 0) is 56.3 Å². The number of likely N-dealkylation sites (tertiary alicyclic amines) is 1. The molecule has 0 bridgehead atoms. The van der Waals surface area contributed by atoms with Crippen LogP contribution in [-0.4, -0.2) is 59.7 Å². The van der Waals surface area contributed by atoms with Gasteiger partial charge in [0, 0.05) is 19.6 Å². The minimum absolute atomic E-state index is 0.191. The van der Waals surface area contributed by atoms with E-state index in [-0.39, 0.29) is 11.3 Å². The fourth-order valence-electron chi connectivity index (χ4n) is 3.20. The second-order valence-corrected chi connectivity index (χ2v) is 6.17. The SMILES string of the molecule is COc1nc(Cl)nc(N2CCC(CN3CCCC3)CC2)n1. The monoisotopic (exact) mass is 311 g/mol. The van der Waals surface area contributed by atoms with Gasteiger partial charge < -0.3 is 14.5 Å². The summed E-state index contributed by atoms with van der Waals surface area (Å²) in [5, 5.41) is 0.191. The molecule has 2 aliphatic heterocycles. The van der Waals surface area contributed by atoms with E-state index in [2.05, 4.69) is 24.8 Å². The Labute approximate surface area is 130 Å². The molecule has 0 amide bonds. The van der Waals surface area contributed by atoms with Crippen molar-refractivity contribution in [2.45, 2.75) is 25.7 Å². The molecule has 0 radical (unpaired) electrons. The van der Waals surface area contributed by atoms with Gasteiger partial charge in [0.2, 0.25) is 11.2 Å². The number of anilines is 1. The normalized spacial score (nSPS) is 21.0. The summed E-state index contributed by atoms with van der Waals surface area (Å²) in [4.78, 5) is 17.2. The van der Waals surface area contributed by atoms with Crippen LogP contribution in [-0.2, 0) is 0 Å². The lowest BCUT2D eigenvalue weighted by molar-refractivity contribution is 0.248. The standard InChI is InChI=1S/C14H22ClN5O/c1-21-14-17-12(15)16-13(18-14)20-8-4-11(5-9-20)10-19-6-2-3-7-19/h11H,2-10H2,1H3. The van der Waals surface area contributed by atoms with E-state index in [0.717, 1.165) is 19.0 Å². The zero-order valence-electron chi connectivity index (χ0n) is 12.5. The van der Waals surface area contributed by atoms with Gasteiger partial charge in [0.25, 0.3) is 0 Å².